The van der Waals surface area contributed by atoms with Gasteiger partial charge in [-0.1, -0.05) is 23.8 Å². The van der Waals surface area contributed by atoms with Crippen molar-refractivity contribution >= 4 is 23.5 Å². The molecule has 2 aromatic rings. The molecule has 2 atom stereocenters. The van der Waals surface area contributed by atoms with Gasteiger partial charge in [0.1, 0.15) is 0 Å². The molecule has 1 aromatic carbocycles. The Morgan fingerprint density at radius 3 is 2.69 bits per heavy atom. The van der Waals surface area contributed by atoms with E-state index in [4.69, 9.17) is 21.8 Å². The fourth-order valence-electron chi connectivity index (χ4n) is 3.98. The predicted octanol–water partition coefficient (Wildman–Crippen LogP) is 4.23. The maximum absolute atomic E-state index is 12.0. The van der Waals surface area contributed by atoms with Crippen molar-refractivity contribution in [1.29, 1.82) is 0 Å². The molecule has 1 aliphatic rings. The third-order valence-electron chi connectivity index (χ3n) is 5.33. The third kappa shape index (κ3) is 4.88. The van der Waals surface area contributed by atoms with Gasteiger partial charge in [-0.05, 0) is 57.4 Å². The first-order chi connectivity index (χ1) is 13.8. The fraction of sp³-hybridized carbons (Fsp3) is 0.409. The zero-order chi connectivity index (χ0) is 21.1. The lowest BCUT2D eigenvalue weighted by atomic mass is 9.95. The van der Waals surface area contributed by atoms with Crippen molar-refractivity contribution in [2.45, 2.75) is 58.4 Å². The van der Waals surface area contributed by atoms with Crippen LogP contribution in [0, 0.1) is 20.8 Å². The molecule has 0 spiro atoms. The molecule has 1 heterocycles. The van der Waals surface area contributed by atoms with Crippen LogP contribution in [0.3, 0.4) is 0 Å². The van der Waals surface area contributed by atoms with Crippen molar-refractivity contribution < 1.29 is 14.7 Å². The normalized spacial score (nSPS) is 18.2. The lowest BCUT2D eigenvalue weighted by Crippen LogP contribution is -2.32. The van der Waals surface area contributed by atoms with E-state index >= 15 is 0 Å². The van der Waals surface area contributed by atoms with Gasteiger partial charge in [-0.25, -0.2) is 4.68 Å². The van der Waals surface area contributed by atoms with Crippen LogP contribution in [0.1, 0.15) is 54.1 Å². The highest BCUT2D eigenvalue weighted by molar-refractivity contribution is 6.30. The molecular weight excluding hydrogens is 390 g/mol. The fourth-order valence-corrected chi connectivity index (χ4v) is 4.21. The van der Waals surface area contributed by atoms with Gasteiger partial charge in [-0.15, -0.1) is 0 Å². The summed E-state index contributed by atoms with van der Waals surface area (Å²) in [6, 6.07) is 5.73. The first-order valence-electron chi connectivity index (χ1n) is 9.78. The second-order valence-corrected chi connectivity index (χ2v) is 8.01. The maximum atomic E-state index is 12.0. The second-order valence-electron chi connectivity index (χ2n) is 7.58. The Balaban J connectivity index is 1.69. The van der Waals surface area contributed by atoms with Gasteiger partial charge < -0.3 is 10.4 Å². The molecule has 0 radical (unpaired) electrons. The summed E-state index contributed by atoms with van der Waals surface area (Å²) in [5.74, 6) is -0.805. The summed E-state index contributed by atoms with van der Waals surface area (Å²) in [4.78, 5) is 22.6. The molecule has 6 nitrogen and oxygen atoms in total. The number of carboxylic acid groups (broad SMARTS) is 1. The molecule has 1 aliphatic carbocycles. The van der Waals surface area contributed by atoms with Gasteiger partial charge in [-0.3, -0.25) is 9.59 Å². The Kier molecular flexibility index (Phi) is 6.42. The molecule has 0 saturated carbocycles. The molecule has 3 rings (SSSR count). The SMILES string of the molecule is Cc1cc(Cl)ccc1-n1nc(C)c([C@H]2C=C[C@@H](NC(=O)CCCC(=O)O)C2)c1C. The molecule has 0 fully saturated rings. The van der Waals surface area contributed by atoms with E-state index in [1.807, 2.05) is 42.8 Å². The van der Waals surface area contributed by atoms with Crippen LogP contribution in [0.15, 0.2) is 30.4 Å². The van der Waals surface area contributed by atoms with E-state index in [9.17, 15) is 9.59 Å². The Bertz CT molecular complexity index is 964. The number of amides is 1. The minimum atomic E-state index is -0.877. The smallest absolute Gasteiger partial charge is 0.303 e. The number of aromatic nitrogens is 2. The number of carboxylic acids is 1. The number of aryl methyl sites for hydroxylation is 2. The van der Waals surface area contributed by atoms with Gasteiger partial charge in [0.05, 0.1) is 11.4 Å². The summed E-state index contributed by atoms with van der Waals surface area (Å²) < 4.78 is 1.96. The number of carbonyl (C=O) groups is 2. The highest BCUT2D eigenvalue weighted by atomic mass is 35.5. The summed E-state index contributed by atoms with van der Waals surface area (Å²) in [5, 5.41) is 17.1. The molecule has 0 bridgehead atoms. The van der Waals surface area contributed by atoms with Gasteiger partial charge in [0.2, 0.25) is 5.91 Å². The second kappa shape index (κ2) is 8.82. The van der Waals surface area contributed by atoms with Crippen LogP contribution >= 0.6 is 11.6 Å². The van der Waals surface area contributed by atoms with E-state index in [1.165, 1.54) is 5.56 Å². The first-order valence-corrected chi connectivity index (χ1v) is 10.2. The van der Waals surface area contributed by atoms with Crippen LogP contribution < -0.4 is 5.32 Å². The van der Waals surface area contributed by atoms with Crippen LogP contribution in [0.2, 0.25) is 5.02 Å². The lowest BCUT2D eigenvalue weighted by molar-refractivity contribution is -0.137. The van der Waals surface area contributed by atoms with Crippen molar-refractivity contribution in [3.05, 3.63) is 57.9 Å². The lowest BCUT2D eigenvalue weighted by Gasteiger charge is -2.15. The van der Waals surface area contributed by atoms with E-state index in [2.05, 4.69) is 18.3 Å². The van der Waals surface area contributed by atoms with Gasteiger partial charge in [0.25, 0.3) is 0 Å². The molecule has 1 aromatic heterocycles. The van der Waals surface area contributed by atoms with Gasteiger partial charge >= 0.3 is 5.97 Å². The van der Waals surface area contributed by atoms with Crippen molar-refractivity contribution in [2.75, 3.05) is 0 Å². The molecule has 7 heteroatoms. The molecule has 0 saturated heterocycles. The highest BCUT2D eigenvalue weighted by Crippen LogP contribution is 2.34. The van der Waals surface area contributed by atoms with Crippen LogP contribution in [0.4, 0.5) is 0 Å². The van der Waals surface area contributed by atoms with Crippen LogP contribution in [-0.4, -0.2) is 32.8 Å². The third-order valence-corrected chi connectivity index (χ3v) is 5.56. The number of halogens is 1. The minimum absolute atomic E-state index is 0.0121. The molecule has 29 heavy (non-hydrogen) atoms. The number of benzene rings is 1. The first kappa shape index (κ1) is 21.1. The number of carbonyl (C=O) groups excluding carboxylic acids is 1. The zero-order valence-electron chi connectivity index (χ0n) is 16.9. The minimum Gasteiger partial charge on any atom is -0.481 e. The maximum Gasteiger partial charge on any atom is 0.303 e. The Morgan fingerprint density at radius 2 is 2.00 bits per heavy atom. The average Bonchev–Trinajstić information content (AvgIpc) is 3.18. The predicted molar refractivity (Wildman–Crippen MR) is 113 cm³/mol. The van der Waals surface area contributed by atoms with Crippen molar-refractivity contribution in [1.82, 2.24) is 15.1 Å². The number of nitrogens with zero attached hydrogens (tertiary/aromatic N) is 2. The monoisotopic (exact) mass is 415 g/mol. The quantitative estimate of drug-likeness (QED) is 0.662. The van der Waals surface area contributed by atoms with Gasteiger partial charge in [0.15, 0.2) is 0 Å². The molecule has 2 N–H and O–H groups in total. The molecular formula is C22H26ClN3O3. The van der Waals surface area contributed by atoms with E-state index in [1.54, 1.807) is 0 Å². The average molecular weight is 416 g/mol. The molecule has 154 valence electrons. The van der Waals surface area contributed by atoms with Crippen LogP contribution in [0.25, 0.3) is 5.69 Å². The standard InChI is InChI=1S/C22H26ClN3O3/c1-13-11-17(23)8-10-19(13)26-15(3)22(14(2)25-26)16-7-9-18(12-16)24-20(27)5-4-6-21(28)29/h7-11,16,18H,4-6,12H2,1-3H3,(H,24,27)(H,28,29)/t16-,18+/m0/s1. The van der Waals surface area contributed by atoms with Crippen LogP contribution in [0.5, 0.6) is 0 Å². The molecule has 0 unspecified atom stereocenters. The topological polar surface area (TPSA) is 84.2 Å². The van der Waals surface area contributed by atoms with E-state index in [-0.39, 0.29) is 30.7 Å². The zero-order valence-corrected chi connectivity index (χ0v) is 17.7. The van der Waals surface area contributed by atoms with E-state index in [0.717, 1.165) is 29.1 Å². The van der Waals surface area contributed by atoms with Crippen molar-refractivity contribution in [3.63, 3.8) is 0 Å². The number of nitrogens with one attached hydrogen (secondary N) is 1. The van der Waals surface area contributed by atoms with E-state index < -0.39 is 5.97 Å². The number of hydrogen-bond donors (Lipinski definition) is 2. The summed E-state index contributed by atoms with van der Waals surface area (Å²) in [6.07, 6.45) is 5.51. The summed E-state index contributed by atoms with van der Waals surface area (Å²) >= 11 is 6.09. The van der Waals surface area contributed by atoms with Gasteiger partial charge in [0, 0.05) is 41.1 Å². The largest absolute Gasteiger partial charge is 0.481 e. The van der Waals surface area contributed by atoms with Crippen LogP contribution in [-0.2, 0) is 9.59 Å². The number of aliphatic carboxylic acids is 1. The highest BCUT2D eigenvalue weighted by Gasteiger charge is 2.27. The van der Waals surface area contributed by atoms with Crippen molar-refractivity contribution in [2.24, 2.45) is 0 Å². The summed E-state index contributed by atoms with van der Waals surface area (Å²) in [7, 11) is 0. The number of rotatable bonds is 7. The number of allylic oxidation sites excluding steroid dienone is 1. The van der Waals surface area contributed by atoms with E-state index in [0.29, 0.717) is 11.4 Å². The molecule has 1 amide bonds. The van der Waals surface area contributed by atoms with Gasteiger partial charge in [-0.2, -0.15) is 5.10 Å². The Labute approximate surface area is 175 Å². The number of hydrogen-bond acceptors (Lipinski definition) is 3. The van der Waals surface area contributed by atoms with Crippen molar-refractivity contribution in [3.8, 4) is 5.69 Å². The summed E-state index contributed by atoms with van der Waals surface area (Å²) in [5.41, 5.74) is 5.30. The Hall–Kier alpha value is -2.60. The Morgan fingerprint density at radius 1 is 1.24 bits per heavy atom. The summed E-state index contributed by atoms with van der Waals surface area (Å²) in [6.45, 7) is 6.09. The molecule has 0 aliphatic heterocycles.